The van der Waals surface area contributed by atoms with Gasteiger partial charge in [0.25, 0.3) is 0 Å². The third-order valence-electron chi connectivity index (χ3n) is 1.90. The van der Waals surface area contributed by atoms with Crippen LogP contribution in [0.5, 0.6) is 5.75 Å². The molecule has 0 saturated carbocycles. The second kappa shape index (κ2) is 3.59. The molecule has 0 aromatic heterocycles. The Labute approximate surface area is 73.0 Å². The molecule has 0 aliphatic carbocycles. The summed E-state index contributed by atoms with van der Waals surface area (Å²) in [5, 5.41) is 9.32. The number of hydrogen-bond donors (Lipinski definition) is 2. The Morgan fingerprint density at radius 3 is 2.50 bits per heavy atom. The van der Waals surface area contributed by atoms with Gasteiger partial charge >= 0.3 is 0 Å². The largest absolute Gasteiger partial charge is 0.508 e. The Bertz CT molecular complexity index is 269. The van der Waals surface area contributed by atoms with E-state index in [9.17, 15) is 5.11 Å². The molecule has 3 N–H and O–H groups in total. The van der Waals surface area contributed by atoms with E-state index in [0.717, 1.165) is 11.1 Å². The number of benzene rings is 1. The molecular weight excluding hydrogens is 150 g/mol. The van der Waals surface area contributed by atoms with E-state index in [1.807, 2.05) is 6.07 Å². The Balaban J connectivity index is 3.06. The molecule has 66 valence electrons. The molecule has 0 fully saturated rings. The van der Waals surface area contributed by atoms with E-state index in [0.29, 0.717) is 18.2 Å². The lowest BCUT2D eigenvalue weighted by molar-refractivity contribution is 0.473. The summed E-state index contributed by atoms with van der Waals surface area (Å²) in [5.41, 5.74) is 7.60. The number of phenols is 1. The van der Waals surface area contributed by atoms with Crippen molar-refractivity contribution in [2.75, 3.05) is 0 Å². The average molecular weight is 165 g/mol. The minimum Gasteiger partial charge on any atom is -0.508 e. The molecule has 0 aliphatic rings. The van der Waals surface area contributed by atoms with Gasteiger partial charge in [0.2, 0.25) is 0 Å². The van der Waals surface area contributed by atoms with Crippen molar-refractivity contribution >= 4 is 0 Å². The smallest absolute Gasteiger partial charge is 0.116 e. The molecule has 0 atom stereocenters. The van der Waals surface area contributed by atoms with Crippen molar-refractivity contribution in [3.05, 3.63) is 29.3 Å². The summed E-state index contributed by atoms with van der Waals surface area (Å²) in [5.74, 6) is 0.740. The van der Waals surface area contributed by atoms with Crippen LogP contribution >= 0.6 is 0 Å². The fourth-order valence-electron chi connectivity index (χ4n) is 1.15. The molecular formula is C10H15NO. The minimum absolute atomic E-state index is 0.307. The molecule has 1 aromatic rings. The highest BCUT2D eigenvalue weighted by Gasteiger charge is 2.02. The van der Waals surface area contributed by atoms with Crippen LogP contribution in [0.2, 0.25) is 0 Å². The standard InChI is InChI=1S/C10H15NO/c1-7(2)9-3-8(6-11)4-10(12)5-9/h3-5,7,12H,6,11H2,1-2H3. The number of rotatable bonds is 2. The van der Waals surface area contributed by atoms with Crippen LogP contribution in [0.1, 0.15) is 30.9 Å². The van der Waals surface area contributed by atoms with Crippen molar-refractivity contribution in [1.29, 1.82) is 0 Å². The summed E-state index contributed by atoms with van der Waals surface area (Å²) in [4.78, 5) is 0. The fourth-order valence-corrected chi connectivity index (χ4v) is 1.15. The predicted molar refractivity (Wildman–Crippen MR) is 50.1 cm³/mol. The number of aromatic hydroxyl groups is 1. The van der Waals surface area contributed by atoms with Gasteiger partial charge in [0.05, 0.1) is 0 Å². The van der Waals surface area contributed by atoms with Gasteiger partial charge in [-0.3, -0.25) is 0 Å². The third kappa shape index (κ3) is 1.98. The quantitative estimate of drug-likeness (QED) is 0.703. The molecule has 0 radical (unpaired) electrons. The predicted octanol–water partition coefficient (Wildman–Crippen LogP) is 1.97. The molecule has 1 aromatic carbocycles. The number of hydrogen-bond acceptors (Lipinski definition) is 2. The number of phenolic OH excluding ortho intramolecular Hbond substituents is 1. The summed E-state index contributed by atoms with van der Waals surface area (Å²) in [7, 11) is 0. The first-order valence-corrected chi connectivity index (χ1v) is 4.16. The zero-order valence-corrected chi connectivity index (χ0v) is 7.54. The van der Waals surface area contributed by atoms with Crippen LogP contribution in [0, 0.1) is 0 Å². The third-order valence-corrected chi connectivity index (χ3v) is 1.90. The highest BCUT2D eigenvalue weighted by atomic mass is 16.3. The van der Waals surface area contributed by atoms with Crippen LogP contribution in [0.3, 0.4) is 0 Å². The van der Waals surface area contributed by atoms with Crippen LogP contribution in [0.4, 0.5) is 0 Å². The van der Waals surface area contributed by atoms with Crippen molar-refractivity contribution < 1.29 is 5.11 Å². The summed E-state index contributed by atoms with van der Waals surface area (Å²) in [6, 6.07) is 5.51. The molecule has 0 saturated heterocycles. The summed E-state index contributed by atoms with van der Waals surface area (Å²) < 4.78 is 0. The molecule has 0 amide bonds. The topological polar surface area (TPSA) is 46.2 Å². The highest BCUT2D eigenvalue weighted by molar-refractivity contribution is 5.34. The van der Waals surface area contributed by atoms with Gasteiger partial charge in [-0.25, -0.2) is 0 Å². The van der Waals surface area contributed by atoms with Gasteiger partial charge in [0.15, 0.2) is 0 Å². The monoisotopic (exact) mass is 165 g/mol. The highest BCUT2D eigenvalue weighted by Crippen LogP contribution is 2.21. The van der Waals surface area contributed by atoms with E-state index in [4.69, 9.17) is 5.73 Å². The maximum absolute atomic E-state index is 9.32. The van der Waals surface area contributed by atoms with E-state index < -0.39 is 0 Å². The lowest BCUT2D eigenvalue weighted by Gasteiger charge is -2.07. The van der Waals surface area contributed by atoms with Crippen LogP contribution in [0.25, 0.3) is 0 Å². The van der Waals surface area contributed by atoms with Crippen molar-refractivity contribution in [3.8, 4) is 5.75 Å². The van der Waals surface area contributed by atoms with Gasteiger partial charge in [-0.15, -0.1) is 0 Å². The Kier molecular flexibility index (Phi) is 2.71. The van der Waals surface area contributed by atoms with Crippen molar-refractivity contribution in [1.82, 2.24) is 0 Å². The lowest BCUT2D eigenvalue weighted by Crippen LogP contribution is -1.98. The minimum atomic E-state index is 0.307. The first-order valence-electron chi connectivity index (χ1n) is 4.16. The first kappa shape index (κ1) is 9.07. The van der Waals surface area contributed by atoms with E-state index in [2.05, 4.69) is 13.8 Å². The second-order valence-electron chi connectivity index (χ2n) is 3.29. The van der Waals surface area contributed by atoms with Crippen molar-refractivity contribution in [2.24, 2.45) is 5.73 Å². The Morgan fingerprint density at radius 1 is 1.33 bits per heavy atom. The molecule has 0 heterocycles. The van der Waals surface area contributed by atoms with E-state index in [-0.39, 0.29) is 0 Å². The van der Waals surface area contributed by atoms with Gasteiger partial charge in [-0.1, -0.05) is 19.9 Å². The Morgan fingerprint density at radius 2 is 2.00 bits per heavy atom. The molecule has 2 heteroatoms. The average Bonchev–Trinajstić information content (AvgIpc) is 2.03. The Hall–Kier alpha value is -1.02. The van der Waals surface area contributed by atoms with Gasteiger partial charge in [0, 0.05) is 6.54 Å². The van der Waals surface area contributed by atoms with Crippen molar-refractivity contribution in [3.63, 3.8) is 0 Å². The zero-order chi connectivity index (χ0) is 9.14. The molecule has 0 aliphatic heterocycles. The van der Waals surface area contributed by atoms with Gasteiger partial charge in [-0.05, 0) is 29.2 Å². The van der Waals surface area contributed by atoms with Gasteiger partial charge in [0.1, 0.15) is 5.75 Å². The summed E-state index contributed by atoms with van der Waals surface area (Å²) >= 11 is 0. The summed E-state index contributed by atoms with van der Waals surface area (Å²) in [6.45, 7) is 4.66. The van der Waals surface area contributed by atoms with Gasteiger partial charge in [-0.2, -0.15) is 0 Å². The lowest BCUT2D eigenvalue weighted by atomic mass is 10.0. The first-order chi connectivity index (χ1) is 5.63. The SMILES string of the molecule is CC(C)c1cc(O)cc(CN)c1. The normalized spacial score (nSPS) is 10.7. The molecule has 12 heavy (non-hydrogen) atoms. The van der Waals surface area contributed by atoms with Crippen LogP contribution in [-0.2, 0) is 6.54 Å². The zero-order valence-electron chi connectivity index (χ0n) is 7.54. The van der Waals surface area contributed by atoms with Crippen LogP contribution in [0.15, 0.2) is 18.2 Å². The molecule has 0 unspecified atom stereocenters. The van der Waals surface area contributed by atoms with Crippen LogP contribution in [-0.4, -0.2) is 5.11 Å². The van der Waals surface area contributed by atoms with E-state index in [1.165, 1.54) is 0 Å². The fraction of sp³-hybridized carbons (Fsp3) is 0.400. The second-order valence-corrected chi connectivity index (χ2v) is 3.29. The number of nitrogens with two attached hydrogens (primary N) is 1. The van der Waals surface area contributed by atoms with E-state index in [1.54, 1.807) is 12.1 Å². The van der Waals surface area contributed by atoms with E-state index >= 15 is 0 Å². The molecule has 0 spiro atoms. The maximum atomic E-state index is 9.32. The van der Waals surface area contributed by atoms with Crippen LogP contribution < -0.4 is 5.73 Å². The summed E-state index contributed by atoms with van der Waals surface area (Å²) in [6.07, 6.45) is 0. The maximum Gasteiger partial charge on any atom is 0.116 e. The molecule has 0 bridgehead atoms. The van der Waals surface area contributed by atoms with Crippen molar-refractivity contribution in [2.45, 2.75) is 26.3 Å². The molecule has 1 rings (SSSR count). The van der Waals surface area contributed by atoms with Gasteiger partial charge < -0.3 is 10.8 Å². The molecule has 2 nitrogen and oxygen atoms in total.